The largest absolute Gasteiger partial charge is 0.493 e. The summed E-state index contributed by atoms with van der Waals surface area (Å²) in [5.41, 5.74) is 7.23. The van der Waals surface area contributed by atoms with Crippen molar-refractivity contribution < 1.29 is 4.74 Å². The minimum Gasteiger partial charge on any atom is -0.493 e. The maximum atomic E-state index is 6.31. The number of hydrogen-bond acceptors (Lipinski definition) is 5. The van der Waals surface area contributed by atoms with Crippen LogP contribution in [-0.2, 0) is 6.54 Å². The van der Waals surface area contributed by atoms with Crippen LogP contribution in [0.3, 0.4) is 0 Å². The lowest BCUT2D eigenvalue weighted by atomic mass is 10.2. The first-order chi connectivity index (χ1) is 8.67. The van der Waals surface area contributed by atoms with E-state index in [1.54, 1.807) is 24.6 Å². The van der Waals surface area contributed by atoms with Gasteiger partial charge in [0.05, 0.1) is 24.4 Å². The Kier molecular flexibility index (Phi) is 3.98. The van der Waals surface area contributed by atoms with Crippen LogP contribution in [0.5, 0.6) is 5.75 Å². The Morgan fingerprint density at radius 1 is 1.50 bits per heavy atom. The van der Waals surface area contributed by atoms with E-state index < -0.39 is 0 Å². The summed E-state index contributed by atoms with van der Waals surface area (Å²) >= 11 is 1.61. The van der Waals surface area contributed by atoms with Gasteiger partial charge in [-0.05, 0) is 13.3 Å². The van der Waals surface area contributed by atoms with Crippen LogP contribution in [0.2, 0.25) is 0 Å². The van der Waals surface area contributed by atoms with E-state index >= 15 is 0 Å². The lowest BCUT2D eigenvalue weighted by molar-refractivity contribution is 0.404. The molecule has 0 saturated heterocycles. The molecule has 0 fully saturated rings. The molecule has 2 N–H and O–H groups in total. The molecule has 2 aromatic heterocycles. The molecule has 2 heterocycles. The number of methoxy groups -OCH3 is 1. The van der Waals surface area contributed by atoms with Crippen molar-refractivity contribution in [1.29, 1.82) is 0 Å². The van der Waals surface area contributed by atoms with Crippen molar-refractivity contribution in [3.8, 4) is 5.75 Å². The lowest BCUT2D eigenvalue weighted by Gasteiger charge is -2.13. The highest BCUT2D eigenvalue weighted by Gasteiger charge is 2.21. The summed E-state index contributed by atoms with van der Waals surface area (Å²) in [6.45, 7) is 4.92. The summed E-state index contributed by atoms with van der Waals surface area (Å²) in [5.74, 6) is 0.738. The molecule has 5 nitrogen and oxygen atoms in total. The van der Waals surface area contributed by atoms with Crippen molar-refractivity contribution >= 4 is 11.3 Å². The minimum atomic E-state index is -0.236. The zero-order valence-corrected chi connectivity index (χ0v) is 11.7. The van der Waals surface area contributed by atoms with Gasteiger partial charge < -0.3 is 10.5 Å². The standard InChI is InChI=1S/C12H18N4OS/c1-4-5-16-12(9(17-3)6-15-16)11(13)10-7-14-8(2)18-10/h6-7,11H,4-5,13H2,1-3H3. The van der Waals surface area contributed by atoms with Crippen molar-refractivity contribution in [2.45, 2.75) is 32.9 Å². The fourth-order valence-electron chi connectivity index (χ4n) is 1.90. The van der Waals surface area contributed by atoms with Crippen LogP contribution in [0.25, 0.3) is 0 Å². The van der Waals surface area contributed by atoms with Gasteiger partial charge in [-0.15, -0.1) is 11.3 Å². The van der Waals surface area contributed by atoms with Crippen molar-refractivity contribution in [2.24, 2.45) is 5.73 Å². The van der Waals surface area contributed by atoms with Gasteiger partial charge in [-0.25, -0.2) is 4.98 Å². The summed E-state index contributed by atoms with van der Waals surface area (Å²) in [7, 11) is 1.64. The zero-order valence-electron chi connectivity index (χ0n) is 10.9. The van der Waals surface area contributed by atoms with E-state index in [1.807, 2.05) is 17.8 Å². The van der Waals surface area contributed by atoms with E-state index in [9.17, 15) is 0 Å². The van der Waals surface area contributed by atoms with Crippen LogP contribution in [0, 0.1) is 6.92 Å². The first-order valence-corrected chi connectivity index (χ1v) is 6.76. The van der Waals surface area contributed by atoms with Gasteiger partial charge in [-0.2, -0.15) is 5.10 Å². The Bertz CT molecular complexity index is 520. The average molecular weight is 266 g/mol. The monoisotopic (exact) mass is 266 g/mol. The third-order valence-corrected chi connectivity index (χ3v) is 3.74. The molecule has 98 valence electrons. The number of aromatic nitrogens is 3. The number of nitrogens with two attached hydrogens (primary N) is 1. The number of aryl methyl sites for hydroxylation is 2. The second kappa shape index (κ2) is 5.49. The van der Waals surface area contributed by atoms with Gasteiger partial charge >= 0.3 is 0 Å². The summed E-state index contributed by atoms with van der Waals surface area (Å²) < 4.78 is 7.26. The van der Waals surface area contributed by atoms with Crippen molar-refractivity contribution in [2.75, 3.05) is 7.11 Å². The van der Waals surface area contributed by atoms with Crippen LogP contribution in [0.15, 0.2) is 12.4 Å². The average Bonchev–Trinajstić information content (AvgIpc) is 2.95. The van der Waals surface area contributed by atoms with E-state index in [2.05, 4.69) is 17.0 Å². The number of hydrogen-bond donors (Lipinski definition) is 1. The number of ether oxygens (including phenoxy) is 1. The topological polar surface area (TPSA) is 66.0 Å². The molecule has 0 aliphatic carbocycles. The van der Waals surface area contributed by atoms with Crippen molar-refractivity contribution in [3.05, 3.63) is 28.0 Å². The van der Waals surface area contributed by atoms with Gasteiger partial charge in [0.15, 0.2) is 5.75 Å². The molecular formula is C12H18N4OS. The van der Waals surface area contributed by atoms with Gasteiger partial charge in [0.25, 0.3) is 0 Å². The third-order valence-electron chi connectivity index (χ3n) is 2.74. The molecule has 0 aliphatic heterocycles. The first-order valence-electron chi connectivity index (χ1n) is 5.95. The Hall–Kier alpha value is -1.40. The molecule has 0 bridgehead atoms. The van der Waals surface area contributed by atoms with E-state index in [0.29, 0.717) is 0 Å². The van der Waals surface area contributed by atoms with Crippen LogP contribution < -0.4 is 10.5 Å². The molecule has 0 aromatic carbocycles. The van der Waals surface area contributed by atoms with Crippen LogP contribution >= 0.6 is 11.3 Å². The van der Waals surface area contributed by atoms with Gasteiger partial charge in [0, 0.05) is 17.6 Å². The fourth-order valence-corrected chi connectivity index (χ4v) is 2.69. The normalized spacial score (nSPS) is 12.7. The highest BCUT2D eigenvalue weighted by Crippen LogP contribution is 2.30. The molecule has 0 spiro atoms. The van der Waals surface area contributed by atoms with E-state index in [0.717, 1.165) is 34.3 Å². The molecule has 0 radical (unpaired) electrons. The zero-order chi connectivity index (χ0) is 13.1. The Morgan fingerprint density at radius 3 is 2.83 bits per heavy atom. The molecule has 2 rings (SSSR count). The minimum absolute atomic E-state index is 0.236. The second-order valence-electron chi connectivity index (χ2n) is 4.08. The maximum absolute atomic E-state index is 6.31. The summed E-state index contributed by atoms with van der Waals surface area (Å²) in [6.07, 6.45) is 4.55. The smallest absolute Gasteiger partial charge is 0.161 e. The Labute approximate surface area is 111 Å². The quantitative estimate of drug-likeness (QED) is 0.900. The molecule has 2 aromatic rings. The number of rotatable bonds is 5. The van der Waals surface area contributed by atoms with Crippen LogP contribution in [0.1, 0.15) is 35.0 Å². The lowest BCUT2D eigenvalue weighted by Crippen LogP contribution is -2.17. The van der Waals surface area contributed by atoms with Gasteiger partial charge in [0.2, 0.25) is 0 Å². The molecule has 6 heteroatoms. The van der Waals surface area contributed by atoms with Crippen LogP contribution in [0.4, 0.5) is 0 Å². The molecular weight excluding hydrogens is 248 g/mol. The summed E-state index contributed by atoms with van der Waals surface area (Å²) in [5, 5.41) is 5.34. The molecule has 1 atom stereocenters. The maximum Gasteiger partial charge on any atom is 0.161 e. The van der Waals surface area contributed by atoms with Crippen molar-refractivity contribution in [3.63, 3.8) is 0 Å². The van der Waals surface area contributed by atoms with Crippen LogP contribution in [-0.4, -0.2) is 21.9 Å². The summed E-state index contributed by atoms with van der Waals surface area (Å²) in [4.78, 5) is 5.28. The highest BCUT2D eigenvalue weighted by atomic mass is 32.1. The van der Waals surface area contributed by atoms with Gasteiger partial charge in [0.1, 0.15) is 5.69 Å². The van der Waals surface area contributed by atoms with E-state index in [1.165, 1.54) is 0 Å². The van der Waals surface area contributed by atoms with Gasteiger partial charge in [-0.3, -0.25) is 4.68 Å². The third kappa shape index (κ3) is 2.39. The Balaban J connectivity index is 2.38. The van der Waals surface area contributed by atoms with E-state index in [-0.39, 0.29) is 6.04 Å². The first kappa shape index (κ1) is 13.0. The predicted octanol–water partition coefficient (Wildman–Crippen LogP) is 2.11. The Morgan fingerprint density at radius 2 is 2.28 bits per heavy atom. The summed E-state index contributed by atoms with van der Waals surface area (Å²) in [6, 6.07) is -0.236. The molecule has 18 heavy (non-hydrogen) atoms. The number of thiazole rings is 1. The van der Waals surface area contributed by atoms with Crippen molar-refractivity contribution in [1.82, 2.24) is 14.8 Å². The van der Waals surface area contributed by atoms with Gasteiger partial charge in [-0.1, -0.05) is 6.92 Å². The SMILES string of the molecule is CCCn1ncc(OC)c1C(N)c1cnc(C)s1. The molecule has 0 amide bonds. The fraction of sp³-hybridized carbons (Fsp3) is 0.500. The number of nitrogens with zero attached hydrogens (tertiary/aromatic N) is 3. The molecule has 0 aliphatic rings. The predicted molar refractivity (Wildman–Crippen MR) is 72.0 cm³/mol. The molecule has 1 unspecified atom stereocenters. The second-order valence-corrected chi connectivity index (χ2v) is 5.35. The molecule has 0 saturated carbocycles. The van der Waals surface area contributed by atoms with E-state index in [4.69, 9.17) is 10.5 Å². The highest BCUT2D eigenvalue weighted by molar-refractivity contribution is 7.11.